The molecule has 1 aromatic heterocycles. The Morgan fingerprint density at radius 1 is 0.821 bits per heavy atom. The summed E-state index contributed by atoms with van der Waals surface area (Å²) in [6.45, 7) is 30.9. The minimum Gasteiger partial charge on any atom is -0.313 e. The van der Waals surface area contributed by atoms with E-state index in [1.807, 2.05) is 69.4 Å². The van der Waals surface area contributed by atoms with Crippen LogP contribution in [0.5, 0.6) is 0 Å². The first-order valence-corrected chi connectivity index (χ1v) is 19.9. The van der Waals surface area contributed by atoms with Crippen molar-refractivity contribution in [3.63, 3.8) is 0 Å². The van der Waals surface area contributed by atoms with Crippen LogP contribution in [0.3, 0.4) is 0 Å². The maximum absolute atomic E-state index is 4.29. The van der Waals surface area contributed by atoms with Crippen LogP contribution in [-0.2, 0) is 0 Å². The van der Waals surface area contributed by atoms with Crippen molar-refractivity contribution in [1.29, 1.82) is 0 Å². The molecule has 1 aliphatic heterocycles. The lowest BCUT2D eigenvalue weighted by Gasteiger charge is -2.26. The highest BCUT2D eigenvalue weighted by Crippen LogP contribution is 2.51. The smallest absolute Gasteiger partial charge is 0.0537 e. The number of anilines is 2. The molecule has 3 aromatic carbocycles. The topological polar surface area (TPSA) is 8.17 Å². The molecular formula is C54H60N2. The second-order valence-corrected chi connectivity index (χ2v) is 13.3. The summed E-state index contributed by atoms with van der Waals surface area (Å²) in [5.74, 6) is 0.512. The number of aryl methyl sites for hydroxylation is 1. The molecule has 0 saturated heterocycles. The van der Waals surface area contributed by atoms with Gasteiger partial charge in [0.25, 0.3) is 0 Å². The predicted molar refractivity (Wildman–Crippen MR) is 251 cm³/mol. The zero-order valence-corrected chi connectivity index (χ0v) is 34.7. The second kappa shape index (κ2) is 21.1. The molecular weight excluding hydrogens is 677 g/mol. The van der Waals surface area contributed by atoms with Crippen molar-refractivity contribution in [2.45, 2.75) is 66.7 Å². The van der Waals surface area contributed by atoms with Crippen molar-refractivity contribution in [2.75, 3.05) is 4.90 Å². The molecule has 2 aliphatic rings. The zero-order chi connectivity index (χ0) is 40.6. The highest BCUT2D eigenvalue weighted by molar-refractivity contribution is 5.94. The summed E-state index contributed by atoms with van der Waals surface area (Å²) >= 11 is 0. The standard InChI is InChI=1S/C45H44N2.C7H10.C2H6/c1-8-20-43-36(10-3)38(41(12-5)46(43)40(11-4)35(9-2)33-22-14-13-15-23-33)29-32(7)34-27-28-45-39(30-34)37-24-17-19-26-44(37)47(45)42-25-18-16-21-31(42)6;1-3-5-7-6-4-2;1-2/h8-23,25-30,32,37H,2-4,24H2,1,5-7H3;3-7H,1H2,2H3;1-2H3/b20-8-,38-29-,40-35-,41-12+;6-4-,7-5-;. The van der Waals surface area contributed by atoms with E-state index in [0.29, 0.717) is 5.92 Å². The fourth-order valence-electron chi connectivity index (χ4n) is 7.51. The number of hydrogen-bond acceptors (Lipinski definition) is 1. The minimum atomic E-state index is 0.162. The largest absolute Gasteiger partial charge is 0.313 e. The van der Waals surface area contributed by atoms with E-state index in [1.165, 1.54) is 39.0 Å². The minimum absolute atomic E-state index is 0.162. The fourth-order valence-corrected chi connectivity index (χ4v) is 7.51. The van der Waals surface area contributed by atoms with E-state index in [2.05, 4.69) is 173 Å². The van der Waals surface area contributed by atoms with Gasteiger partial charge in [-0.15, -0.1) is 0 Å². The van der Waals surface area contributed by atoms with Crippen molar-refractivity contribution in [3.05, 3.63) is 216 Å². The van der Waals surface area contributed by atoms with E-state index in [-0.39, 0.29) is 5.92 Å². The van der Waals surface area contributed by atoms with E-state index in [0.717, 1.165) is 39.9 Å². The van der Waals surface area contributed by atoms with Crippen LogP contribution in [0.15, 0.2) is 172 Å². The molecule has 0 fully saturated rings. The average molecular weight is 737 g/mol. The first kappa shape index (κ1) is 42.6. The summed E-state index contributed by atoms with van der Waals surface area (Å²) in [5.41, 5.74) is 13.2. The van der Waals surface area contributed by atoms with Crippen LogP contribution in [0.1, 0.15) is 93.3 Å². The summed E-state index contributed by atoms with van der Waals surface area (Å²) in [5, 5.41) is 2.28. The predicted octanol–water partition coefficient (Wildman–Crippen LogP) is 14.0. The van der Waals surface area contributed by atoms with Gasteiger partial charge in [0, 0.05) is 44.7 Å². The van der Waals surface area contributed by atoms with Gasteiger partial charge >= 0.3 is 0 Å². The van der Waals surface area contributed by atoms with Gasteiger partial charge in [0.15, 0.2) is 0 Å². The molecule has 0 saturated carbocycles. The van der Waals surface area contributed by atoms with E-state index < -0.39 is 0 Å². The fraction of sp³-hybridized carbons (Fsp3) is 0.185. The monoisotopic (exact) mass is 736 g/mol. The van der Waals surface area contributed by atoms with Crippen LogP contribution >= 0.6 is 0 Å². The molecule has 0 N–H and O–H groups in total. The molecule has 56 heavy (non-hydrogen) atoms. The molecule has 286 valence electrons. The number of rotatable bonds is 11. The van der Waals surface area contributed by atoms with Gasteiger partial charge in [-0.05, 0) is 92.6 Å². The molecule has 2 heteroatoms. The van der Waals surface area contributed by atoms with Crippen molar-refractivity contribution in [3.8, 4) is 0 Å². The lowest BCUT2D eigenvalue weighted by atomic mass is 9.89. The van der Waals surface area contributed by atoms with Crippen LogP contribution < -0.4 is 15.5 Å². The number of para-hydroxylation sites is 1. The third-order valence-corrected chi connectivity index (χ3v) is 10.0. The van der Waals surface area contributed by atoms with E-state index in [9.17, 15) is 0 Å². The van der Waals surface area contributed by atoms with Crippen LogP contribution in [0.2, 0.25) is 0 Å². The first-order chi connectivity index (χ1) is 27.4. The Balaban J connectivity index is 0.000000698. The van der Waals surface area contributed by atoms with E-state index in [4.69, 9.17) is 0 Å². The third kappa shape index (κ3) is 9.04. The lowest BCUT2D eigenvalue weighted by Crippen LogP contribution is -2.30. The molecule has 2 nitrogen and oxygen atoms in total. The van der Waals surface area contributed by atoms with Crippen molar-refractivity contribution in [2.24, 2.45) is 0 Å². The Hall–Kier alpha value is -6.12. The number of hydrogen-bond donors (Lipinski definition) is 0. The normalized spacial score (nSPS) is 16.0. The second-order valence-electron chi connectivity index (χ2n) is 13.3. The van der Waals surface area contributed by atoms with Crippen molar-refractivity contribution in [1.82, 2.24) is 4.57 Å². The molecule has 4 aromatic rings. The lowest BCUT2D eigenvalue weighted by molar-refractivity contribution is 0.816. The van der Waals surface area contributed by atoms with E-state index >= 15 is 0 Å². The average Bonchev–Trinajstić information content (AvgIpc) is 3.72. The highest BCUT2D eigenvalue weighted by atomic mass is 15.2. The Morgan fingerprint density at radius 3 is 2.18 bits per heavy atom. The van der Waals surface area contributed by atoms with Crippen LogP contribution in [0, 0.1) is 6.92 Å². The maximum Gasteiger partial charge on any atom is 0.0537 e. The van der Waals surface area contributed by atoms with Gasteiger partial charge in [-0.2, -0.15) is 0 Å². The third-order valence-electron chi connectivity index (χ3n) is 10.0. The summed E-state index contributed by atoms with van der Waals surface area (Å²) in [6, 6.07) is 26.2. The van der Waals surface area contributed by atoms with Gasteiger partial charge in [-0.25, -0.2) is 0 Å². The molecule has 0 amide bonds. The quantitative estimate of drug-likeness (QED) is 0.139. The van der Waals surface area contributed by atoms with Crippen molar-refractivity contribution >= 4 is 46.9 Å². The molecule has 2 atom stereocenters. The molecule has 2 unspecified atom stereocenters. The summed E-state index contributed by atoms with van der Waals surface area (Å²) in [4.78, 5) is 2.47. The van der Waals surface area contributed by atoms with Crippen molar-refractivity contribution < 1.29 is 0 Å². The Morgan fingerprint density at radius 2 is 1.55 bits per heavy atom. The van der Waals surface area contributed by atoms with Gasteiger partial charge < -0.3 is 9.47 Å². The van der Waals surface area contributed by atoms with Crippen LogP contribution in [-0.4, -0.2) is 4.57 Å². The Labute approximate surface area is 337 Å². The molecule has 0 spiro atoms. The molecule has 6 rings (SSSR count). The first-order valence-electron chi connectivity index (χ1n) is 19.9. The Kier molecular flexibility index (Phi) is 16.1. The Bertz CT molecular complexity index is 2330. The number of allylic oxidation sites excluding steroid dienone is 14. The summed E-state index contributed by atoms with van der Waals surface area (Å²) in [6.07, 6.45) is 32.0. The van der Waals surface area contributed by atoms with Crippen LogP contribution in [0.4, 0.5) is 11.4 Å². The zero-order valence-electron chi connectivity index (χ0n) is 34.7. The molecule has 1 aliphatic carbocycles. The van der Waals surface area contributed by atoms with E-state index in [1.54, 1.807) is 6.08 Å². The highest BCUT2D eigenvalue weighted by Gasteiger charge is 2.35. The van der Waals surface area contributed by atoms with Gasteiger partial charge in [-0.3, -0.25) is 0 Å². The van der Waals surface area contributed by atoms with Crippen LogP contribution in [0.25, 0.3) is 35.6 Å². The van der Waals surface area contributed by atoms with Gasteiger partial charge in [0.1, 0.15) is 0 Å². The maximum atomic E-state index is 4.29. The number of nitrogens with zero attached hydrogens (tertiary/aromatic N) is 2. The summed E-state index contributed by atoms with van der Waals surface area (Å²) < 4.78 is 2.31. The van der Waals surface area contributed by atoms with Gasteiger partial charge in [0.2, 0.25) is 0 Å². The molecule has 2 heterocycles. The number of fused-ring (bicyclic) bond motifs is 3. The number of aromatic nitrogens is 1. The van der Waals surface area contributed by atoms with Gasteiger partial charge in [0.05, 0.1) is 11.4 Å². The summed E-state index contributed by atoms with van der Waals surface area (Å²) in [7, 11) is 0. The molecule has 0 bridgehead atoms. The van der Waals surface area contributed by atoms with Gasteiger partial charge in [-0.1, -0.05) is 181 Å². The molecule has 0 radical (unpaired) electrons. The number of benzene rings is 3. The SMILES string of the molecule is C=C/C(=C(\C=C)n1c(/C=C\C)c(C=C)c(=C/C(C)c2ccc3c(c2)C2CC=CC=C2N3c2ccccc2C)/c1=C\C)c1ccccc1.C=C/C=C\C=C/C.CC.